The summed E-state index contributed by atoms with van der Waals surface area (Å²) in [6.45, 7) is 2.81. The van der Waals surface area contributed by atoms with Gasteiger partial charge in [0.2, 0.25) is 11.8 Å². The normalized spacial score (nSPS) is 16.1. The number of nitrogens with one attached hydrogen (secondary N) is 1. The van der Waals surface area contributed by atoms with Crippen LogP contribution in [0.1, 0.15) is 31.2 Å². The third-order valence-corrected chi connectivity index (χ3v) is 3.43. The van der Waals surface area contributed by atoms with E-state index in [0.717, 1.165) is 30.5 Å². The second-order valence-corrected chi connectivity index (χ2v) is 4.99. The molecule has 1 aliphatic heterocycles. The Hall–Kier alpha value is -1.84. The number of benzene rings is 1. The molecule has 0 bridgehead atoms. The van der Waals surface area contributed by atoms with Crippen LogP contribution in [0.4, 0.5) is 5.69 Å². The first kappa shape index (κ1) is 13.6. The van der Waals surface area contributed by atoms with Gasteiger partial charge in [0.1, 0.15) is 0 Å². The Labute approximate surface area is 113 Å². The molecule has 1 aromatic carbocycles. The zero-order valence-electron chi connectivity index (χ0n) is 11.3. The van der Waals surface area contributed by atoms with Gasteiger partial charge < -0.3 is 10.2 Å². The lowest BCUT2D eigenvalue weighted by Crippen LogP contribution is -2.37. The molecule has 1 saturated heterocycles. The third kappa shape index (κ3) is 3.81. The maximum absolute atomic E-state index is 12.0. The van der Waals surface area contributed by atoms with Gasteiger partial charge in [-0.25, -0.2) is 0 Å². The topological polar surface area (TPSA) is 49.4 Å². The Morgan fingerprint density at radius 1 is 1.26 bits per heavy atom. The van der Waals surface area contributed by atoms with Crippen LogP contribution in [0, 0.1) is 6.92 Å². The van der Waals surface area contributed by atoms with Gasteiger partial charge in [-0.05, 0) is 31.4 Å². The Balaban J connectivity index is 1.93. The van der Waals surface area contributed by atoms with Crippen LogP contribution in [0.2, 0.25) is 0 Å². The second-order valence-electron chi connectivity index (χ2n) is 4.99. The summed E-state index contributed by atoms with van der Waals surface area (Å²) in [7, 11) is 0. The number of carbonyl (C=O) groups excluding carboxylic acids is 2. The molecule has 0 atom stereocenters. The third-order valence-electron chi connectivity index (χ3n) is 3.43. The van der Waals surface area contributed by atoms with Crippen LogP contribution in [0.5, 0.6) is 0 Å². The molecule has 2 amide bonds. The van der Waals surface area contributed by atoms with Gasteiger partial charge in [0.15, 0.2) is 0 Å². The standard InChI is InChI=1S/C15H20N2O2/c1-12-7-4-5-8-13(12)16-14(18)11-17-10-6-2-3-9-15(17)19/h4-5,7-8H,2-3,6,9-11H2,1H3,(H,16,18). The minimum Gasteiger partial charge on any atom is -0.333 e. The lowest BCUT2D eigenvalue weighted by Gasteiger charge is -2.20. The van der Waals surface area contributed by atoms with Crippen molar-refractivity contribution in [1.82, 2.24) is 4.90 Å². The largest absolute Gasteiger partial charge is 0.333 e. The number of amides is 2. The van der Waals surface area contributed by atoms with E-state index in [1.807, 2.05) is 31.2 Å². The molecule has 0 radical (unpaired) electrons. The van der Waals surface area contributed by atoms with Gasteiger partial charge in [-0.2, -0.15) is 0 Å². The molecule has 102 valence electrons. The molecule has 19 heavy (non-hydrogen) atoms. The van der Waals surface area contributed by atoms with E-state index >= 15 is 0 Å². The van der Waals surface area contributed by atoms with Gasteiger partial charge >= 0.3 is 0 Å². The molecular weight excluding hydrogens is 240 g/mol. The minimum atomic E-state index is -0.121. The van der Waals surface area contributed by atoms with E-state index in [1.165, 1.54) is 0 Å². The van der Waals surface area contributed by atoms with Crippen LogP contribution < -0.4 is 5.32 Å². The molecule has 1 fully saturated rings. The molecule has 1 N–H and O–H groups in total. The molecule has 1 heterocycles. The number of anilines is 1. The predicted octanol–water partition coefficient (Wildman–Crippen LogP) is 2.34. The minimum absolute atomic E-state index is 0.0948. The van der Waals surface area contributed by atoms with Crippen LogP contribution in [-0.4, -0.2) is 29.8 Å². The maximum Gasteiger partial charge on any atom is 0.244 e. The second kappa shape index (κ2) is 6.36. The van der Waals surface area contributed by atoms with Crippen LogP contribution in [0.3, 0.4) is 0 Å². The highest BCUT2D eigenvalue weighted by Gasteiger charge is 2.19. The first-order chi connectivity index (χ1) is 9.16. The van der Waals surface area contributed by atoms with Crippen molar-refractivity contribution in [3.05, 3.63) is 29.8 Å². The molecule has 2 rings (SSSR count). The molecular formula is C15H20N2O2. The lowest BCUT2D eigenvalue weighted by molar-refractivity contribution is -0.134. The van der Waals surface area contributed by atoms with Crippen molar-refractivity contribution in [1.29, 1.82) is 0 Å². The Morgan fingerprint density at radius 3 is 2.84 bits per heavy atom. The fourth-order valence-corrected chi connectivity index (χ4v) is 2.28. The molecule has 0 aliphatic carbocycles. The summed E-state index contributed by atoms with van der Waals surface area (Å²) in [5.41, 5.74) is 1.84. The molecule has 0 spiro atoms. The number of nitrogens with zero attached hydrogens (tertiary/aromatic N) is 1. The van der Waals surface area contributed by atoms with Gasteiger partial charge in [0.05, 0.1) is 6.54 Å². The number of rotatable bonds is 3. The van der Waals surface area contributed by atoms with Gasteiger partial charge in [0, 0.05) is 18.7 Å². The van der Waals surface area contributed by atoms with E-state index in [2.05, 4.69) is 5.32 Å². The molecule has 4 nitrogen and oxygen atoms in total. The summed E-state index contributed by atoms with van der Waals surface area (Å²) in [5.74, 6) is -0.0259. The van der Waals surface area contributed by atoms with Crippen molar-refractivity contribution < 1.29 is 9.59 Å². The van der Waals surface area contributed by atoms with E-state index in [4.69, 9.17) is 0 Å². The maximum atomic E-state index is 12.0. The highest BCUT2D eigenvalue weighted by atomic mass is 16.2. The van der Waals surface area contributed by atoms with E-state index < -0.39 is 0 Å². The van der Waals surface area contributed by atoms with E-state index in [1.54, 1.807) is 4.90 Å². The first-order valence-corrected chi connectivity index (χ1v) is 6.80. The lowest BCUT2D eigenvalue weighted by atomic mass is 10.2. The quantitative estimate of drug-likeness (QED) is 0.906. The summed E-state index contributed by atoms with van der Waals surface area (Å²) in [5, 5.41) is 2.87. The average Bonchev–Trinajstić information content (AvgIpc) is 2.58. The summed E-state index contributed by atoms with van der Waals surface area (Å²) < 4.78 is 0. The molecule has 4 heteroatoms. The monoisotopic (exact) mass is 260 g/mol. The van der Waals surface area contributed by atoms with Crippen LogP contribution >= 0.6 is 0 Å². The Bertz CT molecular complexity index is 471. The first-order valence-electron chi connectivity index (χ1n) is 6.80. The number of hydrogen-bond donors (Lipinski definition) is 1. The molecule has 0 aromatic heterocycles. The zero-order chi connectivity index (χ0) is 13.7. The van der Waals surface area contributed by atoms with Gasteiger partial charge in [-0.3, -0.25) is 9.59 Å². The summed E-state index contributed by atoms with van der Waals surface area (Å²) in [6, 6.07) is 7.65. The van der Waals surface area contributed by atoms with Crippen molar-refractivity contribution in [3.63, 3.8) is 0 Å². The van der Waals surface area contributed by atoms with Crippen molar-refractivity contribution >= 4 is 17.5 Å². The highest BCUT2D eigenvalue weighted by Crippen LogP contribution is 2.14. The number of para-hydroxylation sites is 1. The van der Waals surface area contributed by atoms with Gasteiger partial charge in [-0.15, -0.1) is 0 Å². The summed E-state index contributed by atoms with van der Waals surface area (Å²) >= 11 is 0. The smallest absolute Gasteiger partial charge is 0.244 e. The van der Waals surface area contributed by atoms with E-state index in [9.17, 15) is 9.59 Å². The van der Waals surface area contributed by atoms with Crippen molar-refractivity contribution in [2.24, 2.45) is 0 Å². The molecule has 1 aromatic rings. The average molecular weight is 260 g/mol. The van der Waals surface area contributed by atoms with E-state index in [-0.39, 0.29) is 18.4 Å². The van der Waals surface area contributed by atoms with Gasteiger partial charge in [0.25, 0.3) is 0 Å². The fourth-order valence-electron chi connectivity index (χ4n) is 2.28. The number of likely N-dealkylation sites (tertiary alicyclic amines) is 1. The van der Waals surface area contributed by atoms with Crippen LogP contribution in [0.25, 0.3) is 0 Å². The number of aryl methyl sites for hydroxylation is 1. The number of carbonyl (C=O) groups is 2. The van der Waals surface area contributed by atoms with Crippen LogP contribution in [0.15, 0.2) is 24.3 Å². The van der Waals surface area contributed by atoms with Crippen molar-refractivity contribution in [3.8, 4) is 0 Å². The fraction of sp³-hybridized carbons (Fsp3) is 0.467. The molecule has 0 saturated carbocycles. The SMILES string of the molecule is Cc1ccccc1NC(=O)CN1CCCCCC1=O. The molecule has 0 unspecified atom stereocenters. The Kier molecular flexibility index (Phi) is 4.55. The zero-order valence-corrected chi connectivity index (χ0v) is 11.3. The number of hydrogen-bond acceptors (Lipinski definition) is 2. The van der Waals surface area contributed by atoms with E-state index in [0.29, 0.717) is 13.0 Å². The Morgan fingerprint density at radius 2 is 2.05 bits per heavy atom. The predicted molar refractivity (Wildman–Crippen MR) is 74.9 cm³/mol. The molecule has 1 aliphatic rings. The van der Waals surface area contributed by atoms with Crippen molar-refractivity contribution in [2.75, 3.05) is 18.4 Å². The summed E-state index contributed by atoms with van der Waals surface area (Å²) in [6.07, 6.45) is 3.57. The van der Waals surface area contributed by atoms with Gasteiger partial charge in [-0.1, -0.05) is 24.6 Å². The summed E-state index contributed by atoms with van der Waals surface area (Å²) in [4.78, 5) is 25.5. The highest BCUT2D eigenvalue weighted by molar-refractivity contribution is 5.95. The van der Waals surface area contributed by atoms with Crippen molar-refractivity contribution in [2.45, 2.75) is 32.6 Å². The van der Waals surface area contributed by atoms with Crippen LogP contribution in [-0.2, 0) is 9.59 Å².